The lowest BCUT2D eigenvalue weighted by molar-refractivity contribution is 0.738. The maximum atomic E-state index is 4.42. The van der Waals surface area contributed by atoms with Crippen LogP contribution in [0.3, 0.4) is 0 Å². The fraction of sp³-hybridized carbons (Fsp3) is 0.667. The van der Waals surface area contributed by atoms with Crippen LogP contribution < -0.4 is 10.6 Å². The molecule has 1 aromatic rings. The van der Waals surface area contributed by atoms with Crippen LogP contribution >= 0.6 is 35.3 Å². The monoisotopic (exact) mass is 380 g/mol. The molecule has 18 heavy (non-hydrogen) atoms. The molecule has 0 aliphatic heterocycles. The molecule has 0 aromatic carbocycles. The Bertz CT molecular complexity index is 412. The summed E-state index contributed by atoms with van der Waals surface area (Å²) in [7, 11) is 1.81. The number of halogens is 1. The van der Waals surface area contributed by atoms with Crippen LogP contribution in [0.25, 0.3) is 0 Å². The average molecular weight is 380 g/mol. The first kappa shape index (κ1) is 15.7. The third-order valence-corrected chi connectivity index (χ3v) is 3.97. The summed E-state index contributed by atoms with van der Waals surface area (Å²) >= 11 is 1.75. The molecule has 0 spiro atoms. The van der Waals surface area contributed by atoms with Gasteiger partial charge in [-0.3, -0.25) is 4.99 Å². The third-order valence-electron chi connectivity index (χ3n) is 2.89. The molecule has 1 heterocycles. The Morgan fingerprint density at radius 2 is 2.11 bits per heavy atom. The predicted octanol–water partition coefficient (Wildman–Crippen LogP) is 2.45. The standard InChI is InChI=1S/C12H20N4S.HI/c1-8-11(17-9(2)16-8)7-15-12(13-3)14-6-10-4-5-10;/h10H,4-7H2,1-3H3,(H2,13,14,15);1H. The summed E-state index contributed by atoms with van der Waals surface area (Å²) in [6.07, 6.45) is 2.72. The molecule has 0 unspecified atom stereocenters. The summed E-state index contributed by atoms with van der Waals surface area (Å²) in [5, 5.41) is 7.81. The van der Waals surface area contributed by atoms with E-state index in [1.165, 1.54) is 17.7 Å². The quantitative estimate of drug-likeness (QED) is 0.479. The van der Waals surface area contributed by atoms with E-state index in [9.17, 15) is 0 Å². The van der Waals surface area contributed by atoms with Crippen LogP contribution in [0.2, 0.25) is 0 Å². The van der Waals surface area contributed by atoms with Crippen LogP contribution in [0.1, 0.15) is 28.4 Å². The van der Waals surface area contributed by atoms with Crippen molar-refractivity contribution in [2.45, 2.75) is 33.2 Å². The highest BCUT2D eigenvalue weighted by atomic mass is 127. The summed E-state index contributed by atoms with van der Waals surface area (Å²) in [5.41, 5.74) is 1.12. The van der Waals surface area contributed by atoms with E-state index in [0.29, 0.717) is 0 Å². The van der Waals surface area contributed by atoms with Gasteiger partial charge in [0.15, 0.2) is 5.96 Å². The Labute approximate surface area is 130 Å². The minimum Gasteiger partial charge on any atom is -0.356 e. The molecule has 1 fully saturated rings. The van der Waals surface area contributed by atoms with Crippen molar-refractivity contribution in [1.29, 1.82) is 0 Å². The van der Waals surface area contributed by atoms with E-state index in [2.05, 4.69) is 27.5 Å². The number of rotatable bonds is 4. The smallest absolute Gasteiger partial charge is 0.191 e. The van der Waals surface area contributed by atoms with Crippen molar-refractivity contribution in [2.75, 3.05) is 13.6 Å². The summed E-state index contributed by atoms with van der Waals surface area (Å²) in [6, 6.07) is 0. The minimum atomic E-state index is 0. The summed E-state index contributed by atoms with van der Waals surface area (Å²) < 4.78 is 0. The molecular weight excluding hydrogens is 359 g/mol. The Hall–Kier alpha value is -0.370. The molecule has 0 radical (unpaired) electrons. The highest BCUT2D eigenvalue weighted by Crippen LogP contribution is 2.27. The van der Waals surface area contributed by atoms with Crippen LogP contribution in [0.15, 0.2) is 4.99 Å². The van der Waals surface area contributed by atoms with Crippen LogP contribution in [-0.4, -0.2) is 24.5 Å². The molecule has 0 amide bonds. The van der Waals surface area contributed by atoms with Crippen molar-refractivity contribution in [3.8, 4) is 0 Å². The van der Waals surface area contributed by atoms with Gasteiger partial charge in [0, 0.05) is 18.5 Å². The van der Waals surface area contributed by atoms with E-state index in [1.807, 2.05) is 14.0 Å². The van der Waals surface area contributed by atoms with Gasteiger partial charge in [-0.1, -0.05) is 0 Å². The molecule has 1 aliphatic rings. The van der Waals surface area contributed by atoms with E-state index >= 15 is 0 Å². The molecule has 2 N–H and O–H groups in total. The van der Waals surface area contributed by atoms with Crippen molar-refractivity contribution in [3.05, 3.63) is 15.6 Å². The van der Waals surface area contributed by atoms with Gasteiger partial charge in [-0.15, -0.1) is 35.3 Å². The molecule has 1 saturated carbocycles. The van der Waals surface area contributed by atoms with Gasteiger partial charge in [-0.05, 0) is 32.6 Å². The number of guanidine groups is 1. The van der Waals surface area contributed by atoms with Crippen LogP contribution in [0, 0.1) is 19.8 Å². The van der Waals surface area contributed by atoms with Crippen molar-refractivity contribution in [1.82, 2.24) is 15.6 Å². The van der Waals surface area contributed by atoms with E-state index < -0.39 is 0 Å². The Balaban J connectivity index is 0.00000162. The van der Waals surface area contributed by atoms with Gasteiger partial charge in [0.25, 0.3) is 0 Å². The first-order valence-corrected chi connectivity index (χ1v) is 6.88. The number of aromatic nitrogens is 1. The van der Waals surface area contributed by atoms with Gasteiger partial charge < -0.3 is 10.6 Å². The zero-order valence-electron chi connectivity index (χ0n) is 11.1. The van der Waals surface area contributed by atoms with E-state index in [4.69, 9.17) is 0 Å². The normalized spacial score (nSPS) is 15.2. The molecule has 1 aromatic heterocycles. The number of hydrogen-bond donors (Lipinski definition) is 2. The lowest BCUT2D eigenvalue weighted by Gasteiger charge is -2.10. The minimum absolute atomic E-state index is 0. The van der Waals surface area contributed by atoms with E-state index in [1.54, 1.807) is 11.3 Å². The van der Waals surface area contributed by atoms with Crippen LogP contribution in [-0.2, 0) is 6.54 Å². The average Bonchev–Trinajstić information content (AvgIpc) is 3.06. The maximum Gasteiger partial charge on any atom is 0.191 e. The molecule has 0 bridgehead atoms. The SMILES string of the molecule is CN=C(NCc1sc(C)nc1C)NCC1CC1.I. The number of nitrogens with one attached hydrogen (secondary N) is 2. The first-order chi connectivity index (χ1) is 8.19. The number of aliphatic imine (C=N–C) groups is 1. The second-order valence-electron chi connectivity index (χ2n) is 4.49. The van der Waals surface area contributed by atoms with Gasteiger partial charge >= 0.3 is 0 Å². The van der Waals surface area contributed by atoms with Crippen molar-refractivity contribution < 1.29 is 0 Å². The highest BCUT2D eigenvalue weighted by Gasteiger charge is 2.21. The Morgan fingerprint density at radius 3 is 2.61 bits per heavy atom. The molecule has 0 atom stereocenters. The van der Waals surface area contributed by atoms with Gasteiger partial charge in [0.05, 0.1) is 17.2 Å². The van der Waals surface area contributed by atoms with Gasteiger partial charge in [0.1, 0.15) is 0 Å². The Morgan fingerprint density at radius 1 is 1.39 bits per heavy atom. The molecule has 4 nitrogen and oxygen atoms in total. The third kappa shape index (κ3) is 4.72. The number of nitrogens with zero attached hydrogens (tertiary/aromatic N) is 2. The zero-order chi connectivity index (χ0) is 12.3. The summed E-state index contributed by atoms with van der Waals surface area (Å²) in [4.78, 5) is 9.92. The topological polar surface area (TPSA) is 49.3 Å². The molecule has 102 valence electrons. The first-order valence-electron chi connectivity index (χ1n) is 6.06. The molecule has 6 heteroatoms. The highest BCUT2D eigenvalue weighted by molar-refractivity contribution is 14.0. The fourth-order valence-electron chi connectivity index (χ4n) is 1.69. The van der Waals surface area contributed by atoms with E-state index in [-0.39, 0.29) is 24.0 Å². The van der Waals surface area contributed by atoms with Crippen LogP contribution in [0.4, 0.5) is 0 Å². The number of thiazole rings is 1. The largest absolute Gasteiger partial charge is 0.356 e. The van der Waals surface area contributed by atoms with Gasteiger partial charge in [-0.25, -0.2) is 4.98 Å². The predicted molar refractivity (Wildman–Crippen MR) is 87.9 cm³/mol. The summed E-state index contributed by atoms with van der Waals surface area (Å²) in [6.45, 7) is 5.95. The zero-order valence-corrected chi connectivity index (χ0v) is 14.3. The van der Waals surface area contributed by atoms with E-state index in [0.717, 1.165) is 35.7 Å². The second kappa shape index (κ2) is 7.28. The fourth-order valence-corrected chi connectivity index (χ4v) is 2.56. The lowest BCUT2D eigenvalue weighted by atomic mass is 10.4. The lowest BCUT2D eigenvalue weighted by Crippen LogP contribution is -2.37. The van der Waals surface area contributed by atoms with Crippen molar-refractivity contribution in [2.24, 2.45) is 10.9 Å². The molecule has 0 saturated heterocycles. The van der Waals surface area contributed by atoms with Crippen LogP contribution in [0.5, 0.6) is 0 Å². The molecular formula is C12H21IN4S. The van der Waals surface area contributed by atoms with Crippen molar-refractivity contribution in [3.63, 3.8) is 0 Å². The molecule has 1 aliphatic carbocycles. The number of hydrogen-bond acceptors (Lipinski definition) is 3. The maximum absolute atomic E-state index is 4.42. The number of aryl methyl sites for hydroxylation is 2. The molecule has 2 rings (SSSR count). The summed E-state index contributed by atoms with van der Waals surface area (Å²) in [5.74, 6) is 1.75. The van der Waals surface area contributed by atoms with Gasteiger partial charge in [0.2, 0.25) is 0 Å². The Kier molecular flexibility index (Phi) is 6.34. The second-order valence-corrected chi connectivity index (χ2v) is 5.78. The van der Waals surface area contributed by atoms with Gasteiger partial charge in [-0.2, -0.15) is 0 Å². The van der Waals surface area contributed by atoms with Crippen molar-refractivity contribution >= 4 is 41.3 Å².